The zero-order valence-electron chi connectivity index (χ0n) is 15.1. The highest BCUT2D eigenvalue weighted by Crippen LogP contribution is 2.39. The zero-order chi connectivity index (χ0) is 19.7. The van der Waals surface area contributed by atoms with Crippen molar-refractivity contribution >= 4 is 40.7 Å². The van der Waals surface area contributed by atoms with E-state index in [1.165, 1.54) is 0 Å². The van der Waals surface area contributed by atoms with Crippen LogP contribution >= 0.6 is 34.8 Å². The van der Waals surface area contributed by atoms with E-state index in [9.17, 15) is 4.79 Å². The van der Waals surface area contributed by atoms with Crippen molar-refractivity contribution in [2.24, 2.45) is 16.1 Å². The Bertz CT molecular complexity index is 896. The first-order valence-corrected chi connectivity index (χ1v) is 10.6. The average Bonchev–Trinajstić information content (AvgIpc) is 3.09. The fourth-order valence-electron chi connectivity index (χ4n) is 3.66. The van der Waals surface area contributed by atoms with Gasteiger partial charge >= 0.3 is 0 Å². The van der Waals surface area contributed by atoms with Crippen molar-refractivity contribution in [1.29, 1.82) is 0 Å². The Hall–Kier alpha value is -1.62. The van der Waals surface area contributed by atoms with Gasteiger partial charge in [-0.2, -0.15) is 10.2 Å². The van der Waals surface area contributed by atoms with Crippen molar-refractivity contribution in [3.63, 3.8) is 0 Å². The number of carbonyl (C=O) groups is 1. The van der Waals surface area contributed by atoms with Crippen LogP contribution in [0.1, 0.15) is 48.9 Å². The molecular formula is C21H20Cl3N3O. The van der Waals surface area contributed by atoms with Crippen molar-refractivity contribution in [3.05, 3.63) is 68.7 Å². The molecule has 2 aromatic carbocycles. The molecule has 1 N–H and O–H groups in total. The monoisotopic (exact) mass is 435 g/mol. The Morgan fingerprint density at radius 1 is 1.00 bits per heavy atom. The van der Waals surface area contributed by atoms with Gasteiger partial charge in [0.1, 0.15) is 0 Å². The number of halogens is 3. The van der Waals surface area contributed by atoms with E-state index >= 15 is 0 Å². The minimum atomic E-state index is -0.334. The largest absolute Gasteiger partial charge is 0.347 e. The van der Waals surface area contributed by atoms with Gasteiger partial charge in [0.2, 0.25) is 5.91 Å². The molecule has 1 aliphatic carbocycles. The van der Waals surface area contributed by atoms with Crippen LogP contribution in [0, 0.1) is 5.92 Å². The molecule has 0 aromatic heterocycles. The molecule has 3 atom stereocenters. The average molecular weight is 437 g/mol. The molecule has 4 nitrogen and oxygen atoms in total. The molecule has 1 saturated carbocycles. The van der Waals surface area contributed by atoms with Crippen LogP contribution in [-0.2, 0) is 4.79 Å². The maximum absolute atomic E-state index is 12.7. The predicted octanol–water partition coefficient (Wildman–Crippen LogP) is 6.57. The molecule has 146 valence electrons. The summed E-state index contributed by atoms with van der Waals surface area (Å²) in [7, 11) is 0. The van der Waals surface area contributed by atoms with Crippen LogP contribution in [0.5, 0.6) is 0 Å². The lowest BCUT2D eigenvalue weighted by Gasteiger charge is -2.29. The molecule has 1 heterocycles. The Kier molecular flexibility index (Phi) is 5.91. The normalized spacial score (nSPS) is 22.7. The number of amides is 1. The van der Waals surface area contributed by atoms with Gasteiger partial charge in [-0.3, -0.25) is 4.79 Å². The number of nitrogens with zero attached hydrogens (tertiary/aromatic N) is 2. The van der Waals surface area contributed by atoms with Gasteiger partial charge in [-0.05, 0) is 48.2 Å². The lowest BCUT2D eigenvalue weighted by atomic mass is 9.84. The van der Waals surface area contributed by atoms with Crippen molar-refractivity contribution < 1.29 is 4.79 Å². The van der Waals surface area contributed by atoms with Crippen LogP contribution in [0.15, 0.2) is 52.7 Å². The second-order valence-electron chi connectivity index (χ2n) is 7.38. The molecule has 0 spiro atoms. The van der Waals surface area contributed by atoms with E-state index in [0.29, 0.717) is 21.5 Å². The van der Waals surface area contributed by atoms with Crippen LogP contribution in [0.4, 0.5) is 0 Å². The molecule has 0 bridgehead atoms. The van der Waals surface area contributed by atoms with Gasteiger partial charge in [0.15, 0.2) is 0 Å². The third-order valence-corrected chi connectivity index (χ3v) is 6.34. The highest BCUT2D eigenvalue weighted by atomic mass is 35.5. The Balaban J connectivity index is 1.57. The number of hydrogen-bond acceptors (Lipinski definition) is 3. The summed E-state index contributed by atoms with van der Waals surface area (Å²) in [5.74, 6) is 0.145. The summed E-state index contributed by atoms with van der Waals surface area (Å²) in [4.78, 5) is 12.7. The number of carbonyl (C=O) groups excluding carboxylic acids is 1. The third-order valence-electron chi connectivity index (χ3n) is 5.53. The first-order chi connectivity index (χ1) is 13.5. The van der Waals surface area contributed by atoms with E-state index < -0.39 is 0 Å². The summed E-state index contributed by atoms with van der Waals surface area (Å²) in [5, 5.41) is 13.9. The number of benzene rings is 2. The maximum atomic E-state index is 12.7. The van der Waals surface area contributed by atoms with Crippen LogP contribution in [0.3, 0.4) is 0 Å². The molecule has 0 radical (unpaired) electrons. The maximum Gasteiger partial charge on any atom is 0.223 e. The van der Waals surface area contributed by atoms with Crippen molar-refractivity contribution in [2.45, 2.75) is 43.8 Å². The van der Waals surface area contributed by atoms with Crippen molar-refractivity contribution in [1.82, 2.24) is 5.32 Å². The van der Waals surface area contributed by atoms with E-state index in [0.717, 1.165) is 30.4 Å². The van der Waals surface area contributed by atoms with Crippen LogP contribution in [0.2, 0.25) is 15.1 Å². The van der Waals surface area contributed by atoms with E-state index in [1.54, 1.807) is 12.1 Å². The van der Waals surface area contributed by atoms with Gasteiger partial charge in [-0.1, -0.05) is 59.4 Å². The number of hydrogen-bond donors (Lipinski definition) is 1. The quantitative estimate of drug-likeness (QED) is 0.566. The fourth-order valence-corrected chi connectivity index (χ4v) is 4.31. The molecule has 1 amide bonds. The molecule has 2 aromatic rings. The minimum absolute atomic E-state index is 0.0588. The topological polar surface area (TPSA) is 53.8 Å². The fraction of sp³-hybridized carbons (Fsp3) is 0.381. The van der Waals surface area contributed by atoms with E-state index in [-0.39, 0.29) is 30.0 Å². The molecule has 0 saturated heterocycles. The smallest absolute Gasteiger partial charge is 0.223 e. The van der Waals surface area contributed by atoms with Crippen LogP contribution in [-0.4, -0.2) is 11.9 Å². The summed E-state index contributed by atoms with van der Waals surface area (Å²) in [5.41, 5.74) is 1.88. The lowest BCUT2D eigenvalue weighted by Crippen LogP contribution is -2.40. The Labute approximate surface area is 179 Å². The molecule has 7 heteroatoms. The van der Waals surface area contributed by atoms with Crippen LogP contribution < -0.4 is 5.32 Å². The summed E-state index contributed by atoms with van der Waals surface area (Å²) in [6.45, 7) is 0. The van der Waals surface area contributed by atoms with Gasteiger partial charge in [0.05, 0.1) is 18.1 Å². The van der Waals surface area contributed by atoms with Crippen molar-refractivity contribution in [3.8, 4) is 0 Å². The van der Waals surface area contributed by atoms with Crippen molar-refractivity contribution in [2.75, 3.05) is 0 Å². The highest BCUT2D eigenvalue weighted by Gasteiger charge is 2.35. The van der Waals surface area contributed by atoms with Crippen LogP contribution in [0.25, 0.3) is 0 Å². The van der Waals surface area contributed by atoms with Gasteiger partial charge in [-0.15, -0.1) is 0 Å². The highest BCUT2D eigenvalue weighted by molar-refractivity contribution is 6.35. The lowest BCUT2D eigenvalue weighted by molar-refractivity contribution is -0.128. The zero-order valence-corrected chi connectivity index (χ0v) is 17.4. The molecular weight excluding hydrogens is 417 g/mol. The second kappa shape index (κ2) is 8.40. The van der Waals surface area contributed by atoms with Gasteiger partial charge in [0, 0.05) is 27.4 Å². The van der Waals surface area contributed by atoms with E-state index in [1.807, 2.05) is 30.3 Å². The number of nitrogens with one attached hydrogen (secondary N) is 1. The number of rotatable bonds is 5. The minimum Gasteiger partial charge on any atom is -0.347 e. The summed E-state index contributed by atoms with van der Waals surface area (Å²) < 4.78 is 0. The summed E-state index contributed by atoms with van der Waals surface area (Å²) in [6, 6.07) is 12.4. The molecule has 2 aliphatic rings. The SMILES string of the molecule is O=C(NC(c1ccc(Cl)cc1Cl)C1CC(c2ccc(Cl)cc2)N=N1)C1CCC1. The molecule has 28 heavy (non-hydrogen) atoms. The third kappa shape index (κ3) is 4.19. The van der Waals surface area contributed by atoms with Gasteiger partial charge in [0.25, 0.3) is 0 Å². The number of azo groups is 1. The molecule has 1 aliphatic heterocycles. The first-order valence-electron chi connectivity index (χ1n) is 9.42. The predicted molar refractivity (Wildman–Crippen MR) is 112 cm³/mol. The van der Waals surface area contributed by atoms with Gasteiger partial charge in [-0.25, -0.2) is 0 Å². The first kappa shape index (κ1) is 19.7. The van der Waals surface area contributed by atoms with E-state index in [2.05, 4.69) is 15.5 Å². The Morgan fingerprint density at radius 3 is 2.36 bits per heavy atom. The van der Waals surface area contributed by atoms with Gasteiger partial charge < -0.3 is 5.32 Å². The molecule has 1 fully saturated rings. The summed E-state index contributed by atoms with van der Waals surface area (Å²) in [6.07, 6.45) is 3.67. The second-order valence-corrected chi connectivity index (χ2v) is 8.66. The summed E-state index contributed by atoms with van der Waals surface area (Å²) >= 11 is 18.5. The van der Waals surface area contributed by atoms with E-state index in [4.69, 9.17) is 34.8 Å². The molecule has 3 unspecified atom stereocenters. The standard InChI is InChI=1S/C21H20Cl3N3O/c22-14-6-4-12(5-7-14)18-11-19(27-26-18)20(25-21(28)13-2-1-3-13)16-9-8-15(23)10-17(16)24/h4-10,13,18-20H,1-3,11H2,(H,25,28). The Morgan fingerprint density at radius 2 is 1.71 bits per heavy atom. The molecule has 4 rings (SSSR count).